The van der Waals surface area contributed by atoms with Crippen LogP contribution in [0.2, 0.25) is 0 Å². The number of carbonyl (C=O) groups is 2. The Morgan fingerprint density at radius 3 is 2.32 bits per heavy atom. The van der Waals surface area contributed by atoms with Gasteiger partial charge in [0.25, 0.3) is 11.8 Å². The topological polar surface area (TPSA) is 40.6 Å². The molecule has 1 fully saturated rings. The highest BCUT2D eigenvalue weighted by atomic mass is 16.2. The molecule has 0 aliphatic carbocycles. The standard InChI is InChI=1S/C21H28N2O2/c1-5-10-23-20(24)18(17-7-6-15(3)16(4)13-17)19(21(23)25)22-11-8-14(2)9-12-22/h6-7,13-14H,5,8-12H2,1-4H3. The Bertz CT molecular complexity index is 727. The molecule has 25 heavy (non-hydrogen) atoms. The lowest BCUT2D eigenvalue weighted by molar-refractivity contribution is -0.137. The minimum atomic E-state index is -0.135. The number of benzene rings is 1. The Kier molecular flexibility index (Phi) is 4.98. The third-order valence-electron chi connectivity index (χ3n) is 5.49. The molecule has 4 nitrogen and oxygen atoms in total. The molecule has 2 aliphatic heterocycles. The molecule has 0 saturated carbocycles. The molecule has 3 rings (SSSR count). The van der Waals surface area contributed by atoms with Crippen molar-refractivity contribution in [1.82, 2.24) is 9.80 Å². The van der Waals surface area contributed by atoms with Crippen LogP contribution in [0.15, 0.2) is 23.9 Å². The fourth-order valence-electron chi connectivity index (χ4n) is 3.67. The van der Waals surface area contributed by atoms with Gasteiger partial charge in [-0.15, -0.1) is 0 Å². The molecular weight excluding hydrogens is 312 g/mol. The Hall–Kier alpha value is -2.10. The quantitative estimate of drug-likeness (QED) is 0.788. The number of nitrogens with zero attached hydrogens (tertiary/aromatic N) is 2. The number of carbonyl (C=O) groups excluding carboxylic acids is 2. The van der Waals surface area contributed by atoms with E-state index in [1.54, 1.807) is 0 Å². The van der Waals surface area contributed by atoms with Crippen molar-refractivity contribution in [1.29, 1.82) is 0 Å². The average molecular weight is 340 g/mol. The average Bonchev–Trinajstić information content (AvgIpc) is 2.83. The molecule has 1 aromatic carbocycles. The van der Waals surface area contributed by atoms with Crippen LogP contribution in [0.25, 0.3) is 5.57 Å². The van der Waals surface area contributed by atoms with Crippen LogP contribution >= 0.6 is 0 Å². The molecule has 0 N–H and O–H groups in total. The van der Waals surface area contributed by atoms with E-state index in [1.165, 1.54) is 10.5 Å². The van der Waals surface area contributed by atoms with Crippen LogP contribution in [0.5, 0.6) is 0 Å². The SMILES string of the molecule is CCCN1C(=O)C(c2ccc(C)c(C)c2)=C(N2CCC(C)CC2)C1=O. The molecule has 0 unspecified atom stereocenters. The summed E-state index contributed by atoms with van der Waals surface area (Å²) < 4.78 is 0. The first-order chi connectivity index (χ1) is 11.9. The van der Waals surface area contributed by atoms with Crippen LogP contribution in [0.3, 0.4) is 0 Å². The van der Waals surface area contributed by atoms with Crippen LogP contribution in [0.1, 0.15) is 49.8 Å². The van der Waals surface area contributed by atoms with E-state index in [4.69, 9.17) is 0 Å². The van der Waals surface area contributed by atoms with Crippen LogP contribution in [0, 0.1) is 19.8 Å². The molecule has 4 heteroatoms. The first-order valence-corrected chi connectivity index (χ1v) is 9.37. The summed E-state index contributed by atoms with van der Waals surface area (Å²) in [7, 11) is 0. The molecule has 2 aliphatic rings. The highest BCUT2D eigenvalue weighted by Gasteiger charge is 2.41. The van der Waals surface area contributed by atoms with Gasteiger partial charge in [0.15, 0.2) is 0 Å². The van der Waals surface area contributed by atoms with Gasteiger partial charge in [-0.2, -0.15) is 0 Å². The summed E-state index contributed by atoms with van der Waals surface area (Å²) in [4.78, 5) is 29.6. The molecule has 0 aromatic heterocycles. The Labute approximate surface area is 150 Å². The second-order valence-corrected chi connectivity index (χ2v) is 7.45. The lowest BCUT2D eigenvalue weighted by Crippen LogP contribution is -2.38. The number of likely N-dealkylation sites (tertiary alicyclic amines) is 1. The van der Waals surface area contributed by atoms with Crippen molar-refractivity contribution < 1.29 is 9.59 Å². The lowest BCUT2D eigenvalue weighted by atomic mass is 9.96. The van der Waals surface area contributed by atoms with Gasteiger partial charge in [0, 0.05) is 19.6 Å². The maximum Gasteiger partial charge on any atom is 0.277 e. The number of amides is 2. The van der Waals surface area contributed by atoms with Gasteiger partial charge in [0.05, 0.1) is 5.57 Å². The van der Waals surface area contributed by atoms with Gasteiger partial charge in [-0.05, 0) is 55.7 Å². The molecule has 0 radical (unpaired) electrons. The molecule has 1 saturated heterocycles. The Morgan fingerprint density at radius 1 is 1.04 bits per heavy atom. The van der Waals surface area contributed by atoms with E-state index in [2.05, 4.69) is 18.7 Å². The van der Waals surface area contributed by atoms with Gasteiger partial charge < -0.3 is 4.90 Å². The molecule has 0 spiro atoms. The van der Waals surface area contributed by atoms with Crippen LogP contribution in [-0.2, 0) is 9.59 Å². The summed E-state index contributed by atoms with van der Waals surface area (Å²) in [6, 6.07) is 6.05. The van der Waals surface area contributed by atoms with E-state index >= 15 is 0 Å². The lowest BCUT2D eigenvalue weighted by Gasteiger charge is -2.32. The summed E-state index contributed by atoms with van der Waals surface area (Å²) in [5, 5.41) is 0. The summed E-state index contributed by atoms with van der Waals surface area (Å²) in [6.07, 6.45) is 2.92. The van der Waals surface area contributed by atoms with Gasteiger partial charge in [-0.3, -0.25) is 14.5 Å². The fourth-order valence-corrected chi connectivity index (χ4v) is 3.67. The van der Waals surface area contributed by atoms with Gasteiger partial charge in [-0.1, -0.05) is 32.0 Å². The summed E-state index contributed by atoms with van der Waals surface area (Å²) in [6.45, 7) is 10.5. The van der Waals surface area contributed by atoms with Crippen molar-refractivity contribution in [2.24, 2.45) is 5.92 Å². The number of imide groups is 1. The van der Waals surface area contributed by atoms with E-state index < -0.39 is 0 Å². The van der Waals surface area contributed by atoms with E-state index in [0.29, 0.717) is 23.7 Å². The zero-order valence-corrected chi connectivity index (χ0v) is 15.8. The van der Waals surface area contributed by atoms with Gasteiger partial charge >= 0.3 is 0 Å². The molecule has 0 bridgehead atoms. The highest BCUT2D eigenvalue weighted by Crippen LogP contribution is 2.34. The van der Waals surface area contributed by atoms with Crippen LogP contribution < -0.4 is 0 Å². The number of hydrogen-bond donors (Lipinski definition) is 0. The first-order valence-electron chi connectivity index (χ1n) is 9.37. The summed E-state index contributed by atoms with van der Waals surface area (Å²) in [5.41, 5.74) is 4.42. The predicted molar refractivity (Wildman–Crippen MR) is 99.8 cm³/mol. The van der Waals surface area contributed by atoms with Crippen molar-refractivity contribution in [2.45, 2.75) is 47.0 Å². The van der Waals surface area contributed by atoms with Crippen molar-refractivity contribution in [3.63, 3.8) is 0 Å². The predicted octanol–water partition coefficient (Wildman–Crippen LogP) is 3.53. The van der Waals surface area contributed by atoms with Crippen molar-refractivity contribution >= 4 is 17.4 Å². The number of hydrogen-bond acceptors (Lipinski definition) is 3. The Balaban J connectivity index is 2.07. The summed E-state index contributed by atoms with van der Waals surface area (Å²) in [5.74, 6) is 0.430. The second kappa shape index (κ2) is 7.03. The van der Waals surface area contributed by atoms with Crippen molar-refractivity contribution in [3.05, 3.63) is 40.6 Å². The third kappa shape index (κ3) is 3.22. The smallest absolute Gasteiger partial charge is 0.277 e. The molecule has 134 valence electrons. The zero-order chi connectivity index (χ0) is 18.1. The largest absolute Gasteiger partial charge is 0.366 e. The monoisotopic (exact) mass is 340 g/mol. The normalized spacial score (nSPS) is 19.4. The minimum Gasteiger partial charge on any atom is -0.366 e. The molecular formula is C21H28N2O2. The minimum absolute atomic E-state index is 0.116. The number of rotatable bonds is 4. The maximum absolute atomic E-state index is 13.0. The Morgan fingerprint density at radius 2 is 1.72 bits per heavy atom. The van der Waals surface area contributed by atoms with E-state index in [9.17, 15) is 9.59 Å². The molecule has 1 aromatic rings. The highest BCUT2D eigenvalue weighted by molar-refractivity contribution is 6.35. The van der Waals surface area contributed by atoms with Gasteiger partial charge in [0.1, 0.15) is 5.70 Å². The number of aryl methyl sites for hydroxylation is 2. The molecule has 2 amide bonds. The van der Waals surface area contributed by atoms with Crippen LogP contribution in [0.4, 0.5) is 0 Å². The molecule has 0 atom stereocenters. The molecule has 2 heterocycles. The van der Waals surface area contributed by atoms with Crippen molar-refractivity contribution in [2.75, 3.05) is 19.6 Å². The first kappa shape index (κ1) is 17.7. The second-order valence-electron chi connectivity index (χ2n) is 7.45. The van der Waals surface area contributed by atoms with E-state index in [-0.39, 0.29) is 11.8 Å². The van der Waals surface area contributed by atoms with E-state index in [0.717, 1.165) is 43.5 Å². The number of piperidine rings is 1. The van der Waals surface area contributed by atoms with Gasteiger partial charge in [0.2, 0.25) is 0 Å². The summed E-state index contributed by atoms with van der Waals surface area (Å²) >= 11 is 0. The third-order valence-corrected chi connectivity index (χ3v) is 5.49. The van der Waals surface area contributed by atoms with Crippen molar-refractivity contribution in [3.8, 4) is 0 Å². The van der Waals surface area contributed by atoms with Crippen LogP contribution in [-0.4, -0.2) is 41.2 Å². The zero-order valence-electron chi connectivity index (χ0n) is 15.8. The maximum atomic E-state index is 13.0. The van der Waals surface area contributed by atoms with Gasteiger partial charge in [-0.25, -0.2) is 0 Å². The fraction of sp³-hybridized carbons (Fsp3) is 0.524. The van der Waals surface area contributed by atoms with E-state index in [1.807, 2.05) is 32.0 Å².